The van der Waals surface area contributed by atoms with Crippen LogP contribution in [-0.4, -0.2) is 16.9 Å². The topological polar surface area (TPSA) is 29.3 Å². The average Bonchev–Trinajstić information content (AvgIpc) is 2.95. The standard InChI is InChI=1S/C16H20N2O/c1-12-8-15(12)16-6-5-14(19-16)11-18(2)10-13-4-3-7-17-9-13/h3-7,9,12,15H,8,10-11H2,1-2H3/t12-,15-/m0/s1. The van der Waals surface area contributed by atoms with Crippen molar-refractivity contribution in [3.8, 4) is 0 Å². The second kappa shape index (κ2) is 5.17. The lowest BCUT2D eigenvalue weighted by atomic mass is 10.2. The van der Waals surface area contributed by atoms with Crippen LogP contribution in [-0.2, 0) is 13.1 Å². The van der Waals surface area contributed by atoms with Crippen molar-refractivity contribution in [2.24, 2.45) is 5.92 Å². The Balaban J connectivity index is 1.57. The first-order valence-electron chi connectivity index (χ1n) is 6.88. The molecule has 0 bridgehead atoms. The van der Waals surface area contributed by atoms with Crippen LogP contribution in [0.25, 0.3) is 0 Å². The highest BCUT2D eigenvalue weighted by atomic mass is 16.3. The Morgan fingerprint density at radius 3 is 2.84 bits per heavy atom. The smallest absolute Gasteiger partial charge is 0.118 e. The van der Waals surface area contributed by atoms with E-state index in [4.69, 9.17) is 4.42 Å². The van der Waals surface area contributed by atoms with Crippen LogP contribution in [0, 0.1) is 5.92 Å². The fourth-order valence-electron chi connectivity index (χ4n) is 2.52. The highest BCUT2D eigenvalue weighted by molar-refractivity contribution is 5.17. The van der Waals surface area contributed by atoms with Crippen LogP contribution < -0.4 is 0 Å². The van der Waals surface area contributed by atoms with Gasteiger partial charge in [0.15, 0.2) is 0 Å². The number of furan rings is 1. The van der Waals surface area contributed by atoms with Crippen LogP contribution >= 0.6 is 0 Å². The fraction of sp³-hybridized carbons (Fsp3) is 0.438. The summed E-state index contributed by atoms with van der Waals surface area (Å²) in [6, 6.07) is 8.33. The minimum atomic E-state index is 0.664. The molecule has 0 aliphatic heterocycles. The maximum absolute atomic E-state index is 5.93. The first-order chi connectivity index (χ1) is 9.22. The second-order valence-corrected chi connectivity index (χ2v) is 5.66. The third kappa shape index (κ3) is 3.04. The molecule has 3 heteroatoms. The molecule has 3 rings (SSSR count). The minimum absolute atomic E-state index is 0.664. The largest absolute Gasteiger partial charge is 0.464 e. The van der Waals surface area contributed by atoms with Crippen molar-refractivity contribution in [3.05, 3.63) is 53.7 Å². The Kier molecular flexibility index (Phi) is 3.38. The van der Waals surface area contributed by atoms with Crippen molar-refractivity contribution in [2.45, 2.75) is 32.4 Å². The molecule has 0 amide bonds. The van der Waals surface area contributed by atoms with Gasteiger partial charge in [-0.1, -0.05) is 13.0 Å². The summed E-state index contributed by atoms with van der Waals surface area (Å²) >= 11 is 0. The quantitative estimate of drug-likeness (QED) is 0.820. The van der Waals surface area contributed by atoms with Gasteiger partial charge in [0.1, 0.15) is 11.5 Å². The molecule has 2 heterocycles. The van der Waals surface area contributed by atoms with Crippen LogP contribution in [0.4, 0.5) is 0 Å². The Hall–Kier alpha value is -1.61. The first kappa shape index (κ1) is 12.4. The van der Waals surface area contributed by atoms with E-state index in [1.807, 2.05) is 12.3 Å². The predicted octanol–water partition coefficient (Wildman–Crippen LogP) is 3.43. The monoisotopic (exact) mass is 256 g/mol. The Bertz CT molecular complexity index is 535. The van der Waals surface area contributed by atoms with E-state index >= 15 is 0 Å². The predicted molar refractivity (Wildman–Crippen MR) is 74.6 cm³/mol. The maximum atomic E-state index is 5.93. The molecule has 1 fully saturated rings. The lowest BCUT2D eigenvalue weighted by Gasteiger charge is -2.14. The number of hydrogen-bond donors (Lipinski definition) is 0. The van der Waals surface area contributed by atoms with Gasteiger partial charge >= 0.3 is 0 Å². The third-order valence-electron chi connectivity index (χ3n) is 3.76. The number of pyridine rings is 1. The SMILES string of the molecule is C[C@H]1C[C@@H]1c1ccc(CN(C)Cc2cccnc2)o1. The van der Waals surface area contributed by atoms with Crippen molar-refractivity contribution in [1.82, 2.24) is 9.88 Å². The molecule has 19 heavy (non-hydrogen) atoms. The van der Waals surface area contributed by atoms with Crippen molar-refractivity contribution in [3.63, 3.8) is 0 Å². The van der Waals surface area contributed by atoms with E-state index in [2.05, 4.69) is 42.1 Å². The van der Waals surface area contributed by atoms with E-state index < -0.39 is 0 Å². The van der Waals surface area contributed by atoms with E-state index in [0.717, 1.165) is 30.5 Å². The minimum Gasteiger partial charge on any atom is -0.464 e. The van der Waals surface area contributed by atoms with E-state index in [9.17, 15) is 0 Å². The van der Waals surface area contributed by atoms with Gasteiger partial charge in [0.05, 0.1) is 6.54 Å². The lowest BCUT2D eigenvalue weighted by Crippen LogP contribution is -2.16. The molecule has 0 saturated heterocycles. The van der Waals surface area contributed by atoms with Gasteiger partial charge in [-0.25, -0.2) is 0 Å². The second-order valence-electron chi connectivity index (χ2n) is 5.66. The molecule has 2 aromatic rings. The van der Waals surface area contributed by atoms with E-state index in [1.165, 1.54) is 12.0 Å². The molecular weight excluding hydrogens is 236 g/mol. The van der Waals surface area contributed by atoms with Crippen LogP contribution in [0.3, 0.4) is 0 Å². The van der Waals surface area contributed by atoms with Crippen LogP contribution in [0.5, 0.6) is 0 Å². The summed E-state index contributed by atoms with van der Waals surface area (Å²) in [6.45, 7) is 4.01. The Labute approximate surface area is 114 Å². The van der Waals surface area contributed by atoms with Crippen molar-refractivity contribution in [1.29, 1.82) is 0 Å². The average molecular weight is 256 g/mol. The highest BCUT2D eigenvalue weighted by Gasteiger charge is 2.36. The zero-order chi connectivity index (χ0) is 13.2. The van der Waals surface area contributed by atoms with Gasteiger partial charge in [-0.3, -0.25) is 9.88 Å². The lowest BCUT2D eigenvalue weighted by molar-refractivity contribution is 0.283. The van der Waals surface area contributed by atoms with E-state index in [0.29, 0.717) is 5.92 Å². The summed E-state index contributed by atoms with van der Waals surface area (Å²) in [5.74, 6) is 3.68. The molecule has 1 aliphatic rings. The molecule has 0 aromatic carbocycles. The third-order valence-corrected chi connectivity index (χ3v) is 3.76. The van der Waals surface area contributed by atoms with Crippen molar-refractivity contribution in [2.75, 3.05) is 7.05 Å². The zero-order valence-corrected chi connectivity index (χ0v) is 11.5. The van der Waals surface area contributed by atoms with Crippen molar-refractivity contribution < 1.29 is 4.42 Å². The molecule has 2 aromatic heterocycles. The zero-order valence-electron chi connectivity index (χ0n) is 11.5. The fourth-order valence-corrected chi connectivity index (χ4v) is 2.52. The molecule has 0 radical (unpaired) electrons. The normalized spacial score (nSPS) is 21.8. The highest BCUT2D eigenvalue weighted by Crippen LogP contribution is 2.47. The number of nitrogens with zero attached hydrogens (tertiary/aromatic N) is 2. The van der Waals surface area contributed by atoms with Crippen LogP contribution in [0.15, 0.2) is 41.1 Å². The Morgan fingerprint density at radius 2 is 2.16 bits per heavy atom. The van der Waals surface area contributed by atoms with Gasteiger partial charge in [0.25, 0.3) is 0 Å². The van der Waals surface area contributed by atoms with Gasteiger partial charge in [-0.2, -0.15) is 0 Å². The number of aromatic nitrogens is 1. The summed E-state index contributed by atoms with van der Waals surface area (Å²) in [4.78, 5) is 6.38. The molecule has 0 N–H and O–H groups in total. The number of hydrogen-bond acceptors (Lipinski definition) is 3. The molecule has 2 atom stereocenters. The molecule has 0 unspecified atom stereocenters. The van der Waals surface area contributed by atoms with Crippen LogP contribution in [0.1, 0.15) is 36.3 Å². The summed E-state index contributed by atoms with van der Waals surface area (Å²) in [5.41, 5.74) is 1.23. The van der Waals surface area contributed by atoms with E-state index in [1.54, 1.807) is 6.20 Å². The van der Waals surface area contributed by atoms with Gasteiger partial charge in [0.2, 0.25) is 0 Å². The molecule has 100 valence electrons. The van der Waals surface area contributed by atoms with E-state index in [-0.39, 0.29) is 0 Å². The van der Waals surface area contributed by atoms with Gasteiger partial charge in [0, 0.05) is 24.9 Å². The summed E-state index contributed by atoms with van der Waals surface area (Å²) in [7, 11) is 2.11. The molecule has 0 spiro atoms. The molecule has 1 saturated carbocycles. The number of rotatable bonds is 5. The summed E-state index contributed by atoms with van der Waals surface area (Å²) < 4.78 is 5.93. The van der Waals surface area contributed by atoms with Gasteiger partial charge < -0.3 is 4.42 Å². The van der Waals surface area contributed by atoms with Gasteiger partial charge in [-0.05, 0) is 43.1 Å². The van der Waals surface area contributed by atoms with Gasteiger partial charge in [-0.15, -0.1) is 0 Å². The summed E-state index contributed by atoms with van der Waals surface area (Å²) in [5, 5.41) is 0. The van der Waals surface area contributed by atoms with Crippen molar-refractivity contribution >= 4 is 0 Å². The maximum Gasteiger partial charge on any atom is 0.118 e. The molecule has 1 aliphatic carbocycles. The molecule has 3 nitrogen and oxygen atoms in total. The summed E-state index contributed by atoms with van der Waals surface area (Å²) in [6.07, 6.45) is 4.99. The Morgan fingerprint density at radius 1 is 1.32 bits per heavy atom. The first-order valence-corrected chi connectivity index (χ1v) is 6.88. The van der Waals surface area contributed by atoms with Crippen LogP contribution in [0.2, 0.25) is 0 Å². The molecular formula is C16H20N2O.